The van der Waals surface area contributed by atoms with Crippen LogP contribution in [0.5, 0.6) is 0 Å². The van der Waals surface area contributed by atoms with Crippen molar-refractivity contribution in [1.82, 2.24) is 0 Å². The Bertz CT molecular complexity index is 364. The Morgan fingerprint density at radius 3 is 1.42 bits per heavy atom. The molecule has 0 aromatic carbocycles. The summed E-state index contributed by atoms with van der Waals surface area (Å²) in [5.41, 5.74) is 0. The number of unbranched alkanes of at least 4 members (excludes halogenated alkanes) is 21. The first-order valence-electron chi connectivity index (χ1n) is 14.1. The number of carbonyl (C=O) groups is 1. The Morgan fingerprint density at radius 2 is 0.968 bits per heavy atom. The van der Waals surface area contributed by atoms with Crippen molar-refractivity contribution in [1.29, 1.82) is 0 Å². The molecule has 0 saturated carbocycles. The van der Waals surface area contributed by atoms with Crippen LogP contribution in [-0.2, 0) is 9.53 Å². The first kappa shape index (κ1) is 30.2. The lowest BCUT2D eigenvalue weighted by molar-refractivity contribution is -0.143. The Morgan fingerprint density at radius 1 is 0.581 bits per heavy atom. The molecule has 0 aliphatic carbocycles. The highest BCUT2D eigenvalue weighted by Gasteiger charge is 2.02. The van der Waals surface area contributed by atoms with Crippen molar-refractivity contribution in [3.8, 4) is 0 Å². The maximum absolute atomic E-state index is 11.8. The van der Waals surface area contributed by atoms with Gasteiger partial charge in [0.2, 0.25) is 0 Å². The highest BCUT2D eigenvalue weighted by molar-refractivity contribution is 5.69. The Balaban J connectivity index is 3.14. The van der Waals surface area contributed by atoms with Gasteiger partial charge in [0.25, 0.3) is 0 Å². The molecule has 31 heavy (non-hydrogen) atoms. The van der Waals surface area contributed by atoms with Crippen LogP contribution in [0.3, 0.4) is 0 Å². The number of allylic oxidation sites excluding steroid dienone is 1. The van der Waals surface area contributed by atoms with E-state index in [1.165, 1.54) is 128 Å². The standard InChI is InChI=1S/C29H56O2/c1-3-5-7-9-11-13-14-15-16-17-18-19-21-23-25-27-29(30)31-28-26-24-22-20-12-10-8-6-4-2/h4H,2-3,5-28H2,1H3. The van der Waals surface area contributed by atoms with Gasteiger partial charge >= 0.3 is 5.97 Å². The van der Waals surface area contributed by atoms with E-state index < -0.39 is 0 Å². The molecule has 0 amide bonds. The topological polar surface area (TPSA) is 26.3 Å². The molecule has 0 unspecified atom stereocenters. The molecule has 0 saturated heterocycles. The molecule has 0 aromatic rings. The summed E-state index contributed by atoms with van der Waals surface area (Å²) in [4.78, 5) is 11.8. The van der Waals surface area contributed by atoms with Crippen LogP contribution in [0.15, 0.2) is 12.7 Å². The maximum atomic E-state index is 11.8. The fourth-order valence-electron chi connectivity index (χ4n) is 4.17. The van der Waals surface area contributed by atoms with Crippen molar-refractivity contribution in [3.05, 3.63) is 12.7 Å². The summed E-state index contributed by atoms with van der Waals surface area (Å²) in [7, 11) is 0. The first-order chi connectivity index (χ1) is 15.3. The number of rotatable bonds is 26. The minimum atomic E-state index is 0.0131. The van der Waals surface area contributed by atoms with E-state index in [-0.39, 0.29) is 5.97 Å². The van der Waals surface area contributed by atoms with Crippen LogP contribution >= 0.6 is 0 Å². The van der Waals surface area contributed by atoms with Crippen LogP contribution in [0, 0.1) is 0 Å². The van der Waals surface area contributed by atoms with Gasteiger partial charge in [0.1, 0.15) is 0 Å². The molecular weight excluding hydrogens is 380 g/mol. The van der Waals surface area contributed by atoms with E-state index in [1.807, 2.05) is 6.08 Å². The van der Waals surface area contributed by atoms with Crippen LogP contribution < -0.4 is 0 Å². The van der Waals surface area contributed by atoms with Crippen LogP contribution in [-0.4, -0.2) is 12.6 Å². The summed E-state index contributed by atoms with van der Waals surface area (Å²) < 4.78 is 5.37. The van der Waals surface area contributed by atoms with Gasteiger partial charge in [-0.3, -0.25) is 4.79 Å². The molecule has 0 heterocycles. The molecule has 0 bridgehead atoms. The van der Waals surface area contributed by atoms with E-state index in [1.54, 1.807) is 0 Å². The summed E-state index contributed by atoms with van der Waals surface area (Å²) >= 11 is 0. The molecule has 0 fully saturated rings. The molecule has 0 aromatic heterocycles. The normalized spacial score (nSPS) is 11.0. The zero-order valence-corrected chi connectivity index (χ0v) is 21.3. The number of ether oxygens (including phenoxy) is 1. The van der Waals surface area contributed by atoms with Crippen LogP contribution in [0.2, 0.25) is 0 Å². The summed E-state index contributed by atoms with van der Waals surface area (Å²) in [5, 5.41) is 0. The molecular formula is C29H56O2. The predicted octanol–water partition coefficient (Wildman–Crippen LogP) is 10.1. The van der Waals surface area contributed by atoms with Gasteiger partial charge in [0, 0.05) is 6.42 Å². The maximum Gasteiger partial charge on any atom is 0.305 e. The molecule has 0 aliphatic heterocycles. The average Bonchev–Trinajstić information content (AvgIpc) is 2.77. The summed E-state index contributed by atoms with van der Waals surface area (Å²) in [6, 6.07) is 0. The highest BCUT2D eigenvalue weighted by atomic mass is 16.5. The van der Waals surface area contributed by atoms with Gasteiger partial charge in [0.05, 0.1) is 6.61 Å². The Kier molecular flexibility index (Phi) is 26.5. The van der Waals surface area contributed by atoms with E-state index in [0.717, 1.165) is 19.3 Å². The largest absolute Gasteiger partial charge is 0.466 e. The minimum absolute atomic E-state index is 0.0131. The summed E-state index contributed by atoms with van der Waals surface area (Å²) in [6.07, 6.45) is 32.8. The molecule has 0 rings (SSSR count). The van der Waals surface area contributed by atoms with Gasteiger partial charge in [-0.05, 0) is 25.7 Å². The second-order valence-corrected chi connectivity index (χ2v) is 9.47. The lowest BCUT2D eigenvalue weighted by atomic mass is 10.0. The van der Waals surface area contributed by atoms with Gasteiger partial charge < -0.3 is 4.74 Å². The predicted molar refractivity (Wildman–Crippen MR) is 138 cm³/mol. The molecule has 0 atom stereocenters. The molecule has 0 spiro atoms. The second kappa shape index (κ2) is 27.2. The fraction of sp³-hybridized carbons (Fsp3) is 0.897. The van der Waals surface area contributed by atoms with E-state index >= 15 is 0 Å². The number of esters is 1. The summed E-state index contributed by atoms with van der Waals surface area (Å²) in [6.45, 7) is 6.66. The van der Waals surface area contributed by atoms with E-state index in [4.69, 9.17) is 4.74 Å². The third-order valence-corrected chi connectivity index (χ3v) is 6.30. The zero-order valence-electron chi connectivity index (χ0n) is 21.3. The van der Waals surface area contributed by atoms with Gasteiger partial charge in [-0.15, -0.1) is 6.58 Å². The monoisotopic (exact) mass is 436 g/mol. The van der Waals surface area contributed by atoms with Crippen LogP contribution in [0.25, 0.3) is 0 Å². The average molecular weight is 437 g/mol. The zero-order chi connectivity index (χ0) is 22.7. The highest BCUT2D eigenvalue weighted by Crippen LogP contribution is 2.14. The second-order valence-electron chi connectivity index (χ2n) is 9.47. The van der Waals surface area contributed by atoms with Gasteiger partial charge in [-0.2, -0.15) is 0 Å². The quantitative estimate of drug-likeness (QED) is 0.0765. The number of hydrogen-bond acceptors (Lipinski definition) is 2. The number of carbonyl (C=O) groups excluding carboxylic acids is 1. The third kappa shape index (κ3) is 27.2. The van der Waals surface area contributed by atoms with E-state index in [9.17, 15) is 4.79 Å². The van der Waals surface area contributed by atoms with Crippen molar-refractivity contribution in [2.24, 2.45) is 0 Å². The smallest absolute Gasteiger partial charge is 0.305 e. The molecule has 2 nitrogen and oxygen atoms in total. The van der Waals surface area contributed by atoms with Crippen molar-refractivity contribution in [2.75, 3.05) is 6.61 Å². The molecule has 0 aliphatic rings. The van der Waals surface area contributed by atoms with Gasteiger partial charge in [-0.25, -0.2) is 0 Å². The van der Waals surface area contributed by atoms with Crippen molar-refractivity contribution >= 4 is 5.97 Å². The molecule has 0 N–H and O–H groups in total. The molecule has 0 radical (unpaired) electrons. The SMILES string of the molecule is C=CCCCCCCCCCOC(=O)CCCCCCCCCCCCCCCCC. The minimum Gasteiger partial charge on any atom is -0.466 e. The lowest BCUT2D eigenvalue weighted by Gasteiger charge is -2.05. The first-order valence-corrected chi connectivity index (χ1v) is 14.1. The van der Waals surface area contributed by atoms with Gasteiger partial charge in [0.15, 0.2) is 0 Å². The Hall–Kier alpha value is -0.790. The molecule has 184 valence electrons. The lowest BCUT2D eigenvalue weighted by Crippen LogP contribution is -2.05. The molecule has 2 heteroatoms. The van der Waals surface area contributed by atoms with Gasteiger partial charge in [-0.1, -0.05) is 135 Å². The van der Waals surface area contributed by atoms with E-state index in [2.05, 4.69) is 13.5 Å². The Labute approximate surface area is 196 Å². The van der Waals surface area contributed by atoms with Crippen molar-refractivity contribution in [2.45, 2.75) is 161 Å². The van der Waals surface area contributed by atoms with Crippen LogP contribution in [0.1, 0.15) is 161 Å². The third-order valence-electron chi connectivity index (χ3n) is 6.30. The summed E-state index contributed by atoms with van der Waals surface area (Å²) in [5.74, 6) is 0.0131. The fourth-order valence-corrected chi connectivity index (χ4v) is 4.17. The van der Waals surface area contributed by atoms with Crippen LogP contribution in [0.4, 0.5) is 0 Å². The van der Waals surface area contributed by atoms with Crippen molar-refractivity contribution in [3.63, 3.8) is 0 Å². The number of hydrogen-bond donors (Lipinski definition) is 0. The van der Waals surface area contributed by atoms with E-state index in [0.29, 0.717) is 13.0 Å². The van der Waals surface area contributed by atoms with Crippen molar-refractivity contribution < 1.29 is 9.53 Å².